The van der Waals surface area contributed by atoms with Gasteiger partial charge in [-0.25, -0.2) is 14.0 Å². The van der Waals surface area contributed by atoms with E-state index in [0.29, 0.717) is 11.3 Å². The van der Waals surface area contributed by atoms with Crippen molar-refractivity contribution >= 4 is 29.3 Å². The van der Waals surface area contributed by atoms with E-state index in [2.05, 4.69) is 9.72 Å². The van der Waals surface area contributed by atoms with Crippen molar-refractivity contribution in [3.63, 3.8) is 0 Å². The molecule has 2 rings (SSSR count). The maximum atomic E-state index is 13.8. The number of hydrogen-bond acceptors (Lipinski definition) is 5. The molecule has 0 fully saturated rings. The summed E-state index contributed by atoms with van der Waals surface area (Å²) in [6.45, 7) is 4.56. The summed E-state index contributed by atoms with van der Waals surface area (Å²) in [7, 11) is 1.24. The van der Waals surface area contributed by atoms with Gasteiger partial charge in [-0.1, -0.05) is 11.6 Å². The molecule has 0 aliphatic rings. The average Bonchev–Trinajstić information content (AvgIpc) is 2.87. The summed E-state index contributed by atoms with van der Waals surface area (Å²) < 4.78 is 23.5. The fraction of sp³-hybridized carbons (Fsp3) is 0.278. The average molecular weight is 382 g/mol. The van der Waals surface area contributed by atoms with Crippen LogP contribution in [0.15, 0.2) is 18.2 Å². The molecule has 0 saturated heterocycles. The molecule has 1 N–H and O–H groups in total. The number of esters is 2. The molecule has 8 heteroatoms. The van der Waals surface area contributed by atoms with Gasteiger partial charge in [0.05, 0.1) is 23.9 Å². The number of carbonyl (C=O) groups excluding carboxylic acids is 3. The number of aryl methyl sites for hydroxylation is 1. The Morgan fingerprint density at radius 3 is 2.42 bits per heavy atom. The van der Waals surface area contributed by atoms with Crippen molar-refractivity contribution in [1.29, 1.82) is 0 Å². The highest BCUT2D eigenvalue weighted by atomic mass is 35.5. The number of aromatic nitrogens is 1. The highest BCUT2D eigenvalue weighted by molar-refractivity contribution is 6.30. The lowest BCUT2D eigenvalue weighted by atomic mass is 10.1. The number of aromatic amines is 1. The van der Waals surface area contributed by atoms with Crippen LogP contribution in [0, 0.1) is 19.7 Å². The lowest BCUT2D eigenvalue weighted by Gasteiger charge is -2.12. The van der Waals surface area contributed by atoms with Gasteiger partial charge in [-0.3, -0.25) is 4.79 Å². The van der Waals surface area contributed by atoms with E-state index in [9.17, 15) is 18.8 Å². The first kappa shape index (κ1) is 19.7. The van der Waals surface area contributed by atoms with Crippen LogP contribution in [0.3, 0.4) is 0 Å². The smallest absolute Gasteiger partial charge is 0.341 e. The minimum Gasteiger partial charge on any atom is -0.465 e. The first-order valence-electron chi connectivity index (χ1n) is 7.65. The van der Waals surface area contributed by atoms with E-state index >= 15 is 0 Å². The Labute approximate surface area is 154 Å². The van der Waals surface area contributed by atoms with Gasteiger partial charge in [-0.05, 0) is 44.5 Å². The van der Waals surface area contributed by atoms with E-state index in [1.54, 1.807) is 13.8 Å². The van der Waals surface area contributed by atoms with Crippen LogP contribution in [0.25, 0.3) is 0 Å². The molecular weight excluding hydrogens is 365 g/mol. The van der Waals surface area contributed by atoms with E-state index < -0.39 is 29.6 Å². The van der Waals surface area contributed by atoms with Gasteiger partial charge in [0.1, 0.15) is 5.82 Å². The largest absolute Gasteiger partial charge is 0.465 e. The number of benzene rings is 1. The van der Waals surface area contributed by atoms with E-state index in [-0.39, 0.29) is 21.8 Å². The molecule has 1 aromatic heterocycles. The predicted octanol–water partition coefficient (Wildman–Crippen LogP) is 3.64. The van der Waals surface area contributed by atoms with E-state index in [1.165, 1.54) is 26.2 Å². The molecule has 0 amide bonds. The van der Waals surface area contributed by atoms with E-state index in [0.717, 1.165) is 6.07 Å². The lowest BCUT2D eigenvalue weighted by Crippen LogP contribution is -2.25. The highest BCUT2D eigenvalue weighted by Crippen LogP contribution is 2.22. The summed E-state index contributed by atoms with van der Waals surface area (Å²) >= 11 is 5.64. The Morgan fingerprint density at radius 2 is 1.85 bits per heavy atom. The van der Waals surface area contributed by atoms with Crippen molar-refractivity contribution in [3.8, 4) is 0 Å². The second kappa shape index (κ2) is 7.70. The van der Waals surface area contributed by atoms with Crippen LogP contribution in [0.4, 0.5) is 4.39 Å². The monoisotopic (exact) mass is 381 g/mol. The van der Waals surface area contributed by atoms with E-state index in [1.807, 2.05) is 0 Å². The topological polar surface area (TPSA) is 85.5 Å². The number of H-pyrrole nitrogens is 1. The van der Waals surface area contributed by atoms with Gasteiger partial charge >= 0.3 is 11.9 Å². The second-order valence-electron chi connectivity index (χ2n) is 5.65. The number of rotatable bonds is 5. The predicted molar refractivity (Wildman–Crippen MR) is 92.2 cm³/mol. The van der Waals surface area contributed by atoms with Crippen LogP contribution < -0.4 is 0 Å². The minimum absolute atomic E-state index is 0.125. The van der Waals surface area contributed by atoms with Gasteiger partial charge in [0.2, 0.25) is 5.78 Å². The first-order chi connectivity index (χ1) is 12.2. The minimum atomic E-state index is -1.19. The van der Waals surface area contributed by atoms with Crippen molar-refractivity contribution in [2.75, 3.05) is 7.11 Å². The number of Topliss-reactive ketones (excluding diaryl/α,β-unsaturated/α-hetero) is 1. The van der Waals surface area contributed by atoms with Crippen molar-refractivity contribution < 1.29 is 28.2 Å². The summed E-state index contributed by atoms with van der Waals surface area (Å²) in [6, 6.07) is 3.50. The van der Waals surface area contributed by atoms with Crippen LogP contribution in [0.1, 0.15) is 49.4 Å². The summed E-state index contributed by atoms with van der Waals surface area (Å²) in [5.41, 5.74) is 0.890. The molecule has 2 aromatic rings. The third-order valence-corrected chi connectivity index (χ3v) is 4.11. The zero-order chi connectivity index (χ0) is 19.6. The fourth-order valence-corrected chi connectivity index (χ4v) is 2.70. The standard InChI is InChI=1S/C18H17ClFNO5/c1-8-14(18(24)25-4)9(2)21-15(8)16(22)10(3)26-17(23)12-6-5-11(19)7-13(12)20/h5-7,10,21H,1-4H3/t10-/m0/s1. The van der Waals surface area contributed by atoms with Gasteiger partial charge in [0.15, 0.2) is 6.10 Å². The molecule has 0 unspecified atom stereocenters. The Balaban J connectivity index is 2.22. The maximum Gasteiger partial charge on any atom is 0.341 e. The number of halogens is 2. The summed E-state index contributed by atoms with van der Waals surface area (Å²) in [5.74, 6) is -2.97. The molecule has 1 atom stereocenters. The molecule has 0 aliphatic carbocycles. The van der Waals surface area contributed by atoms with Crippen molar-refractivity contribution in [2.24, 2.45) is 0 Å². The van der Waals surface area contributed by atoms with Crippen LogP contribution in [0.2, 0.25) is 5.02 Å². The normalized spacial score (nSPS) is 11.8. The molecule has 26 heavy (non-hydrogen) atoms. The molecule has 6 nitrogen and oxygen atoms in total. The quantitative estimate of drug-likeness (QED) is 0.631. The number of ketones is 1. The second-order valence-corrected chi connectivity index (χ2v) is 6.09. The van der Waals surface area contributed by atoms with Crippen LogP contribution in [-0.4, -0.2) is 35.9 Å². The van der Waals surface area contributed by atoms with Gasteiger partial charge in [-0.15, -0.1) is 0 Å². The molecular formula is C18H17ClFNO5. The zero-order valence-corrected chi connectivity index (χ0v) is 15.4. The highest BCUT2D eigenvalue weighted by Gasteiger charge is 2.28. The third-order valence-electron chi connectivity index (χ3n) is 3.88. The molecule has 0 spiro atoms. The lowest BCUT2D eigenvalue weighted by molar-refractivity contribution is 0.0312. The van der Waals surface area contributed by atoms with Crippen molar-refractivity contribution in [2.45, 2.75) is 26.9 Å². The maximum absolute atomic E-state index is 13.8. The Hall–Kier alpha value is -2.67. The number of ether oxygens (including phenoxy) is 2. The van der Waals surface area contributed by atoms with Gasteiger partial charge in [0, 0.05) is 10.7 Å². The van der Waals surface area contributed by atoms with Crippen LogP contribution >= 0.6 is 11.6 Å². The van der Waals surface area contributed by atoms with Gasteiger partial charge < -0.3 is 14.5 Å². The molecule has 0 saturated carbocycles. The van der Waals surface area contributed by atoms with E-state index in [4.69, 9.17) is 16.3 Å². The Bertz CT molecular complexity index is 890. The molecule has 1 aromatic carbocycles. The summed E-state index contributed by atoms with van der Waals surface area (Å²) in [5, 5.41) is 0.135. The zero-order valence-electron chi connectivity index (χ0n) is 14.6. The fourth-order valence-electron chi connectivity index (χ4n) is 2.54. The third kappa shape index (κ3) is 3.77. The Kier molecular flexibility index (Phi) is 5.82. The number of methoxy groups -OCH3 is 1. The van der Waals surface area contributed by atoms with Crippen molar-refractivity contribution in [3.05, 3.63) is 57.1 Å². The molecule has 1 heterocycles. The van der Waals surface area contributed by atoms with Gasteiger partial charge in [0.25, 0.3) is 0 Å². The molecule has 0 aliphatic heterocycles. The van der Waals surface area contributed by atoms with Crippen LogP contribution in [-0.2, 0) is 9.47 Å². The number of carbonyl (C=O) groups is 3. The van der Waals surface area contributed by atoms with Crippen molar-refractivity contribution in [1.82, 2.24) is 4.98 Å². The molecule has 0 radical (unpaired) electrons. The molecule has 0 bridgehead atoms. The first-order valence-corrected chi connectivity index (χ1v) is 8.02. The molecule has 138 valence electrons. The Morgan fingerprint density at radius 1 is 1.19 bits per heavy atom. The SMILES string of the molecule is COC(=O)c1c(C)[nH]c(C(=O)[C@H](C)OC(=O)c2ccc(Cl)cc2F)c1C. The van der Waals surface area contributed by atoms with Gasteiger partial charge in [-0.2, -0.15) is 0 Å². The number of nitrogens with one attached hydrogen (secondary N) is 1. The summed E-state index contributed by atoms with van der Waals surface area (Å²) in [6.07, 6.45) is -1.19. The van der Waals surface area contributed by atoms with Crippen LogP contribution in [0.5, 0.6) is 0 Å². The number of hydrogen-bond donors (Lipinski definition) is 1. The summed E-state index contributed by atoms with van der Waals surface area (Å²) in [4.78, 5) is 39.3.